The Balaban J connectivity index is 1.62. The van der Waals surface area contributed by atoms with Gasteiger partial charge in [-0.15, -0.1) is 11.3 Å². The number of sulfonamides is 1. The van der Waals surface area contributed by atoms with Gasteiger partial charge < -0.3 is 15.0 Å². The fraction of sp³-hybridized carbons (Fsp3) is 0.360. The molecule has 0 radical (unpaired) electrons. The number of hydrogen-bond acceptors (Lipinski definition) is 6. The van der Waals surface area contributed by atoms with Crippen molar-refractivity contribution in [3.63, 3.8) is 0 Å². The van der Waals surface area contributed by atoms with Crippen LogP contribution in [0.25, 0.3) is 10.4 Å². The van der Waals surface area contributed by atoms with Crippen molar-refractivity contribution >= 4 is 32.7 Å². The third-order valence-corrected chi connectivity index (χ3v) is 8.45. The number of aryl methyl sites for hydroxylation is 2. The lowest BCUT2D eigenvalue weighted by atomic mass is 10.1. The van der Waals surface area contributed by atoms with Crippen molar-refractivity contribution in [3.05, 3.63) is 59.0 Å². The van der Waals surface area contributed by atoms with E-state index in [2.05, 4.69) is 47.2 Å². The molecule has 4 rings (SSSR count). The van der Waals surface area contributed by atoms with Crippen LogP contribution in [-0.4, -0.2) is 40.7 Å². The van der Waals surface area contributed by atoms with Gasteiger partial charge in [-0.1, -0.05) is 6.07 Å². The molecule has 8 heteroatoms. The van der Waals surface area contributed by atoms with E-state index in [0.717, 1.165) is 35.0 Å². The lowest BCUT2D eigenvalue weighted by Gasteiger charge is -2.38. The van der Waals surface area contributed by atoms with Gasteiger partial charge in [-0.05, 0) is 86.2 Å². The molecule has 176 valence electrons. The molecule has 1 aliphatic heterocycles. The molecule has 2 atom stereocenters. The molecule has 33 heavy (non-hydrogen) atoms. The zero-order valence-electron chi connectivity index (χ0n) is 19.7. The molecule has 3 aromatic rings. The normalized spacial score (nSPS) is 18.9. The predicted molar refractivity (Wildman–Crippen MR) is 137 cm³/mol. The Bertz CT molecular complexity index is 1240. The summed E-state index contributed by atoms with van der Waals surface area (Å²) in [5.41, 5.74) is 4.34. The highest BCUT2D eigenvalue weighted by Crippen LogP contribution is 2.34. The van der Waals surface area contributed by atoms with Crippen molar-refractivity contribution < 1.29 is 13.2 Å². The van der Waals surface area contributed by atoms with Crippen LogP contribution in [0.2, 0.25) is 0 Å². The molecular formula is C25H31N3O3S2. The van der Waals surface area contributed by atoms with Gasteiger partial charge in [0.25, 0.3) is 10.0 Å². The van der Waals surface area contributed by atoms with E-state index in [-0.39, 0.29) is 4.90 Å². The van der Waals surface area contributed by atoms with Crippen molar-refractivity contribution in [2.45, 2.75) is 44.7 Å². The lowest BCUT2D eigenvalue weighted by molar-refractivity contribution is 0.391. The summed E-state index contributed by atoms with van der Waals surface area (Å²) in [7, 11) is -2.11. The van der Waals surface area contributed by atoms with Crippen LogP contribution in [0, 0.1) is 13.8 Å². The van der Waals surface area contributed by atoms with E-state index in [4.69, 9.17) is 4.74 Å². The van der Waals surface area contributed by atoms with Gasteiger partial charge >= 0.3 is 0 Å². The number of ether oxygens (including phenoxy) is 1. The summed E-state index contributed by atoms with van der Waals surface area (Å²) >= 11 is 1.66. The summed E-state index contributed by atoms with van der Waals surface area (Å²) in [4.78, 5) is 3.65. The van der Waals surface area contributed by atoms with Gasteiger partial charge in [0.05, 0.1) is 23.4 Å². The quantitative estimate of drug-likeness (QED) is 0.513. The van der Waals surface area contributed by atoms with Crippen LogP contribution in [0.3, 0.4) is 0 Å². The summed E-state index contributed by atoms with van der Waals surface area (Å²) in [5.74, 6) is 0.728. The van der Waals surface area contributed by atoms with Crippen LogP contribution in [0.5, 0.6) is 5.75 Å². The number of nitrogens with zero attached hydrogens (tertiary/aromatic N) is 1. The maximum Gasteiger partial charge on any atom is 0.262 e. The zero-order chi connectivity index (χ0) is 23.8. The van der Waals surface area contributed by atoms with Crippen molar-refractivity contribution in [2.75, 3.05) is 29.8 Å². The maximum absolute atomic E-state index is 13.3. The summed E-state index contributed by atoms with van der Waals surface area (Å²) in [5, 5.41) is 5.62. The molecule has 0 aliphatic carbocycles. The van der Waals surface area contributed by atoms with E-state index in [9.17, 15) is 8.42 Å². The maximum atomic E-state index is 13.3. The molecule has 2 N–H and O–H groups in total. The van der Waals surface area contributed by atoms with Crippen molar-refractivity contribution in [2.24, 2.45) is 0 Å². The highest BCUT2D eigenvalue weighted by Gasteiger charge is 2.24. The highest BCUT2D eigenvalue weighted by atomic mass is 32.2. The smallest absolute Gasteiger partial charge is 0.262 e. The van der Waals surface area contributed by atoms with Gasteiger partial charge in [-0.3, -0.25) is 4.72 Å². The van der Waals surface area contributed by atoms with Gasteiger partial charge in [0, 0.05) is 30.1 Å². The topological polar surface area (TPSA) is 70.7 Å². The predicted octanol–water partition coefficient (Wildman–Crippen LogP) is 5.03. The first-order chi connectivity index (χ1) is 15.7. The lowest BCUT2D eigenvalue weighted by Crippen LogP contribution is -2.54. The van der Waals surface area contributed by atoms with E-state index in [1.54, 1.807) is 30.6 Å². The van der Waals surface area contributed by atoms with Crippen LogP contribution in [0.1, 0.15) is 25.0 Å². The first-order valence-corrected chi connectivity index (χ1v) is 13.4. The first kappa shape index (κ1) is 23.6. The molecule has 0 unspecified atom stereocenters. The van der Waals surface area contributed by atoms with Gasteiger partial charge in [0.2, 0.25) is 0 Å². The number of nitrogens with one attached hydrogen (secondary N) is 2. The number of thiophene rings is 1. The summed E-state index contributed by atoms with van der Waals surface area (Å²) in [6, 6.07) is 13.7. The molecule has 1 saturated heterocycles. The number of rotatable bonds is 6. The molecule has 0 amide bonds. The van der Waals surface area contributed by atoms with Crippen LogP contribution >= 0.6 is 11.3 Å². The summed E-state index contributed by atoms with van der Waals surface area (Å²) in [6.45, 7) is 9.82. The van der Waals surface area contributed by atoms with Gasteiger partial charge in [0.1, 0.15) is 5.75 Å². The van der Waals surface area contributed by atoms with Crippen LogP contribution in [0.4, 0.5) is 11.4 Å². The van der Waals surface area contributed by atoms with Gasteiger partial charge in [-0.25, -0.2) is 8.42 Å². The highest BCUT2D eigenvalue weighted by molar-refractivity contribution is 7.92. The van der Waals surface area contributed by atoms with Crippen molar-refractivity contribution in [1.29, 1.82) is 0 Å². The Morgan fingerprint density at radius 1 is 1.06 bits per heavy atom. The minimum atomic E-state index is -3.74. The average Bonchev–Trinajstić information content (AvgIpc) is 3.19. The first-order valence-electron chi connectivity index (χ1n) is 11.0. The minimum absolute atomic E-state index is 0.279. The number of hydrogen-bond donors (Lipinski definition) is 2. The molecule has 2 heterocycles. The largest absolute Gasteiger partial charge is 0.495 e. The van der Waals surface area contributed by atoms with Crippen LogP contribution < -0.4 is 19.7 Å². The summed E-state index contributed by atoms with van der Waals surface area (Å²) in [6.07, 6.45) is 0. The molecule has 1 aliphatic rings. The van der Waals surface area contributed by atoms with Crippen LogP contribution in [-0.2, 0) is 10.0 Å². The summed E-state index contributed by atoms with van der Waals surface area (Å²) < 4.78 is 34.9. The van der Waals surface area contributed by atoms with Crippen molar-refractivity contribution in [1.82, 2.24) is 5.32 Å². The van der Waals surface area contributed by atoms with E-state index in [0.29, 0.717) is 23.3 Å². The SMILES string of the molecule is COc1ccc(NS(=O)(=O)c2ccc(-c3cc(C)cs3)cc2C)cc1N1C[C@@H](C)N[C@@H](C)C1. The Labute approximate surface area is 200 Å². The molecule has 0 bridgehead atoms. The average molecular weight is 486 g/mol. The molecule has 6 nitrogen and oxygen atoms in total. The zero-order valence-corrected chi connectivity index (χ0v) is 21.3. The van der Waals surface area contributed by atoms with E-state index in [1.165, 1.54) is 5.56 Å². The molecule has 1 fully saturated rings. The Morgan fingerprint density at radius 2 is 1.79 bits per heavy atom. The minimum Gasteiger partial charge on any atom is -0.495 e. The second-order valence-electron chi connectivity index (χ2n) is 8.83. The number of anilines is 2. The third-order valence-electron chi connectivity index (χ3n) is 5.81. The van der Waals surface area contributed by atoms with Gasteiger partial charge in [0.15, 0.2) is 0 Å². The Morgan fingerprint density at radius 3 is 2.39 bits per heavy atom. The number of piperazine rings is 1. The molecule has 2 aromatic carbocycles. The standard InChI is InChI=1S/C25H31N3O3S2/c1-16-10-24(32-15-16)20-6-9-25(17(2)11-20)33(29,30)27-21-7-8-23(31-5)22(12-21)28-13-18(3)26-19(4)14-28/h6-12,15,18-19,26-27H,13-14H2,1-5H3/t18-,19+. The third kappa shape index (κ3) is 5.18. The molecule has 1 aromatic heterocycles. The van der Waals surface area contributed by atoms with E-state index in [1.807, 2.05) is 31.2 Å². The second kappa shape index (κ2) is 9.37. The fourth-order valence-corrected chi connectivity index (χ4v) is 6.60. The monoisotopic (exact) mass is 485 g/mol. The van der Waals surface area contributed by atoms with Crippen LogP contribution in [0.15, 0.2) is 52.7 Å². The number of benzene rings is 2. The van der Waals surface area contributed by atoms with Gasteiger partial charge in [-0.2, -0.15) is 0 Å². The number of methoxy groups -OCH3 is 1. The van der Waals surface area contributed by atoms with E-state index < -0.39 is 10.0 Å². The molecule has 0 saturated carbocycles. The Kier molecular flexibility index (Phi) is 6.70. The fourth-order valence-electron chi connectivity index (χ4n) is 4.42. The second-order valence-corrected chi connectivity index (χ2v) is 11.4. The molecule has 0 spiro atoms. The Hall–Kier alpha value is -2.55. The molecular weight excluding hydrogens is 454 g/mol. The van der Waals surface area contributed by atoms with Crippen molar-refractivity contribution in [3.8, 4) is 16.2 Å². The van der Waals surface area contributed by atoms with E-state index >= 15 is 0 Å².